The summed E-state index contributed by atoms with van der Waals surface area (Å²) in [4.78, 5) is 29.1. The molecule has 1 aromatic heterocycles. The van der Waals surface area contributed by atoms with Gasteiger partial charge in [-0.1, -0.05) is 18.9 Å². The minimum absolute atomic E-state index is 0.0100. The molecule has 25 heavy (non-hydrogen) atoms. The maximum absolute atomic E-state index is 12.8. The van der Waals surface area contributed by atoms with E-state index in [1.165, 1.54) is 12.1 Å². The van der Waals surface area contributed by atoms with Crippen molar-refractivity contribution < 1.29 is 9.72 Å². The van der Waals surface area contributed by atoms with Crippen molar-refractivity contribution in [3.63, 3.8) is 0 Å². The van der Waals surface area contributed by atoms with Crippen molar-refractivity contribution in [2.45, 2.75) is 31.7 Å². The van der Waals surface area contributed by atoms with Crippen LogP contribution < -0.4 is 5.32 Å². The number of hydrogen-bond acceptors (Lipinski definition) is 4. The SMILES string of the molecule is O=C(Nc1cccc([N+](=O)[O-])c1)N1CCCCC[C@@H]1c1ccncc1. The Morgan fingerprint density at radius 2 is 2.00 bits per heavy atom. The topological polar surface area (TPSA) is 88.4 Å². The lowest BCUT2D eigenvalue weighted by molar-refractivity contribution is -0.384. The smallest absolute Gasteiger partial charge is 0.317 e. The maximum Gasteiger partial charge on any atom is 0.322 e. The first-order chi connectivity index (χ1) is 12.1. The molecule has 0 aliphatic carbocycles. The third-order valence-corrected chi connectivity index (χ3v) is 4.41. The van der Waals surface area contributed by atoms with Gasteiger partial charge in [0, 0.05) is 36.8 Å². The Balaban J connectivity index is 1.80. The Morgan fingerprint density at radius 1 is 1.20 bits per heavy atom. The zero-order chi connectivity index (χ0) is 17.6. The third-order valence-electron chi connectivity index (χ3n) is 4.41. The van der Waals surface area contributed by atoms with Gasteiger partial charge < -0.3 is 10.2 Å². The predicted molar refractivity (Wildman–Crippen MR) is 94.3 cm³/mol. The van der Waals surface area contributed by atoms with Gasteiger partial charge in [-0.2, -0.15) is 0 Å². The number of carbonyl (C=O) groups is 1. The number of amides is 2. The molecule has 7 heteroatoms. The van der Waals surface area contributed by atoms with Gasteiger partial charge in [0.15, 0.2) is 0 Å². The number of nitro benzene ring substituents is 1. The van der Waals surface area contributed by atoms with Gasteiger partial charge in [-0.25, -0.2) is 4.79 Å². The van der Waals surface area contributed by atoms with Gasteiger partial charge in [-0.05, 0) is 36.6 Å². The normalized spacial score (nSPS) is 17.6. The van der Waals surface area contributed by atoms with E-state index >= 15 is 0 Å². The summed E-state index contributed by atoms with van der Waals surface area (Å²) in [5, 5.41) is 13.7. The van der Waals surface area contributed by atoms with Crippen LogP contribution in [0.3, 0.4) is 0 Å². The van der Waals surface area contributed by atoms with Gasteiger partial charge in [0.05, 0.1) is 11.0 Å². The van der Waals surface area contributed by atoms with Crippen molar-refractivity contribution in [1.82, 2.24) is 9.88 Å². The molecular weight excluding hydrogens is 320 g/mol. The third kappa shape index (κ3) is 4.12. The van der Waals surface area contributed by atoms with E-state index in [0.717, 1.165) is 31.2 Å². The fourth-order valence-electron chi connectivity index (χ4n) is 3.18. The number of non-ortho nitro benzene ring substituents is 1. The Labute approximate surface area is 145 Å². The lowest BCUT2D eigenvalue weighted by Gasteiger charge is -2.30. The van der Waals surface area contributed by atoms with Crippen LogP contribution in [-0.2, 0) is 0 Å². The standard InChI is InChI=1S/C18H20N4O3/c23-18(20-15-5-4-6-16(13-15)22(24)25)21-12-3-1-2-7-17(21)14-8-10-19-11-9-14/h4-6,8-11,13,17H,1-3,7,12H2,(H,20,23)/t17-/m1/s1. The largest absolute Gasteiger partial charge is 0.322 e. The Morgan fingerprint density at radius 3 is 2.76 bits per heavy atom. The average molecular weight is 340 g/mol. The molecule has 0 radical (unpaired) electrons. The number of aromatic nitrogens is 1. The molecule has 0 saturated carbocycles. The highest BCUT2D eigenvalue weighted by atomic mass is 16.6. The highest BCUT2D eigenvalue weighted by molar-refractivity contribution is 5.90. The Kier molecular flexibility index (Phi) is 5.23. The zero-order valence-electron chi connectivity index (χ0n) is 13.8. The number of anilines is 1. The monoisotopic (exact) mass is 340 g/mol. The molecule has 3 rings (SSSR count). The molecule has 2 aromatic rings. The van der Waals surface area contributed by atoms with Gasteiger partial charge in [-0.3, -0.25) is 15.1 Å². The molecule has 1 aliphatic rings. The van der Waals surface area contributed by atoms with Gasteiger partial charge in [0.1, 0.15) is 0 Å². The molecule has 0 bridgehead atoms. The van der Waals surface area contributed by atoms with E-state index in [1.807, 2.05) is 17.0 Å². The van der Waals surface area contributed by atoms with Gasteiger partial charge in [0.2, 0.25) is 0 Å². The molecule has 0 spiro atoms. The van der Waals surface area contributed by atoms with E-state index in [9.17, 15) is 14.9 Å². The molecule has 1 aromatic carbocycles. The minimum atomic E-state index is -0.471. The van der Waals surface area contributed by atoms with Crippen LogP contribution in [0.5, 0.6) is 0 Å². The molecule has 130 valence electrons. The van der Waals surface area contributed by atoms with Crippen molar-refractivity contribution in [2.24, 2.45) is 0 Å². The number of nitro groups is 1. The van der Waals surface area contributed by atoms with Crippen LogP contribution in [0.25, 0.3) is 0 Å². The summed E-state index contributed by atoms with van der Waals surface area (Å²) in [6, 6.07) is 9.63. The van der Waals surface area contributed by atoms with E-state index in [4.69, 9.17) is 0 Å². The van der Waals surface area contributed by atoms with Crippen molar-refractivity contribution in [1.29, 1.82) is 0 Å². The molecular formula is C18H20N4O3. The molecule has 1 N–H and O–H groups in total. The van der Waals surface area contributed by atoms with Crippen LogP contribution in [0.15, 0.2) is 48.8 Å². The quantitative estimate of drug-likeness (QED) is 0.672. The van der Waals surface area contributed by atoms with Crippen molar-refractivity contribution in [3.05, 3.63) is 64.5 Å². The fourth-order valence-corrected chi connectivity index (χ4v) is 3.18. The van der Waals surface area contributed by atoms with E-state index in [1.54, 1.807) is 24.5 Å². The molecule has 2 heterocycles. The first-order valence-corrected chi connectivity index (χ1v) is 8.37. The summed E-state index contributed by atoms with van der Waals surface area (Å²) < 4.78 is 0. The second kappa shape index (κ2) is 7.74. The summed E-state index contributed by atoms with van der Waals surface area (Å²) in [7, 11) is 0. The van der Waals surface area contributed by atoms with Gasteiger partial charge >= 0.3 is 6.03 Å². The van der Waals surface area contributed by atoms with Crippen LogP contribution in [0.1, 0.15) is 37.3 Å². The number of urea groups is 1. The molecule has 1 aliphatic heterocycles. The molecule has 2 amide bonds. The Hall–Kier alpha value is -2.96. The first-order valence-electron chi connectivity index (χ1n) is 8.37. The van der Waals surface area contributed by atoms with Crippen LogP contribution in [0.2, 0.25) is 0 Å². The second-order valence-corrected chi connectivity index (χ2v) is 6.08. The fraction of sp³-hybridized carbons (Fsp3) is 0.333. The zero-order valence-corrected chi connectivity index (χ0v) is 13.8. The van der Waals surface area contributed by atoms with Crippen LogP contribution in [0.4, 0.5) is 16.2 Å². The predicted octanol–water partition coefficient (Wildman–Crippen LogP) is 4.14. The molecule has 1 atom stereocenters. The summed E-state index contributed by atoms with van der Waals surface area (Å²) in [6.07, 6.45) is 7.46. The summed E-state index contributed by atoms with van der Waals surface area (Å²) >= 11 is 0. The summed E-state index contributed by atoms with van der Waals surface area (Å²) in [5.74, 6) is 0. The van der Waals surface area contributed by atoms with Crippen molar-refractivity contribution >= 4 is 17.4 Å². The first kappa shape index (κ1) is 16.9. The molecule has 7 nitrogen and oxygen atoms in total. The van der Waals surface area contributed by atoms with E-state index < -0.39 is 4.92 Å². The van der Waals surface area contributed by atoms with Crippen LogP contribution in [0, 0.1) is 10.1 Å². The molecule has 1 saturated heterocycles. The second-order valence-electron chi connectivity index (χ2n) is 6.08. The van der Waals surface area contributed by atoms with Gasteiger partial charge in [0.25, 0.3) is 5.69 Å². The number of carbonyl (C=O) groups excluding carboxylic acids is 1. The van der Waals surface area contributed by atoms with Crippen molar-refractivity contribution in [3.8, 4) is 0 Å². The van der Waals surface area contributed by atoms with Crippen molar-refractivity contribution in [2.75, 3.05) is 11.9 Å². The number of nitrogens with one attached hydrogen (secondary N) is 1. The lowest BCUT2D eigenvalue weighted by atomic mass is 10.0. The van der Waals surface area contributed by atoms with Crippen LogP contribution in [-0.4, -0.2) is 27.4 Å². The number of pyridine rings is 1. The number of hydrogen-bond donors (Lipinski definition) is 1. The van der Waals surface area contributed by atoms with E-state index in [-0.39, 0.29) is 17.8 Å². The van der Waals surface area contributed by atoms with Crippen LogP contribution >= 0.6 is 0 Å². The number of nitrogens with zero attached hydrogens (tertiary/aromatic N) is 3. The highest BCUT2D eigenvalue weighted by Crippen LogP contribution is 2.30. The maximum atomic E-state index is 12.8. The number of rotatable bonds is 3. The number of benzene rings is 1. The number of likely N-dealkylation sites (tertiary alicyclic amines) is 1. The minimum Gasteiger partial charge on any atom is -0.317 e. The summed E-state index contributed by atoms with van der Waals surface area (Å²) in [5.41, 5.74) is 1.45. The average Bonchev–Trinajstić information content (AvgIpc) is 2.88. The van der Waals surface area contributed by atoms with Gasteiger partial charge in [-0.15, -0.1) is 0 Å². The van der Waals surface area contributed by atoms with E-state index in [0.29, 0.717) is 12.2 Å². The van der Waals surface area contributed by atoms with E-state index in [2.05, 4.69) is 10.3 Å². The Bertz CT molecular complexity index is 751. The molecule has 0 unspecified atom stereocenters. The summed E-state index contributed by atoms with van der Waals surface area (Å²) in [6.45, 7) is 0.660. The lowest BCUT2D eigenvalue weighted by Crippen LogP contribution is -2.38. The molecule has 1 fully saturated rings. The highest BCUT2D eigenvalue weighted by Gasteiger charge is 2.27.